The van der Waals surface area contributed by atoms with Crippen molar-refractivity contribution < 1.29 is 15.0 Å². The Balaban J connectivity index is 1.88. The van der Waals surface area contributed by atoms with Gasteiger partial charge in [-0.3, -0.25) is 0 Å². The van der Waals surface area contributed by atoms with E-state index in [2.05, 4.69) is 4.98 Å². The van der Waals surface area contributed by atoms with Crippen molar-refractivity contribution in [3.05, 3.63) is 71.4 Å². The van der Waals surface area contributed by atoms with Crippen molar-refractivity contribution in [1.82, 2.24) is 4.98 Å². The van der Waals surface area contributed by atoms with Gasteiger partial charge in [-0.05, 0) is 35.2 Å². The average Bonchev–Trinajstić information content (AvgIpc) is 2.54. The van der Waals surface area contributed by atoms with Gasteiger partial charge >= 0.3 is 5.97 Å². The van der Waals surface area contributed by atoms with E-state index in [-0.39, 0.29) is 11.3 Å². The molecule has 4 heteroatoms. The molecule has 1 heterocycles. The maximum absolute atomic E-state index is 11.8. The van der Waals surface area contributed by atoms with Crippen LogP contribution in [0.3, 0.4) is 0 Å². The molecular formula is C18H12NO3-. The fraction of sp³-hybridized carbons (Fsp3) is 0. The lowest BCUT2D eigenvalue weighted by Gasteiger charge is -2.09. The smallest absolute Gasteiger partial charge is 0.335 e. The van der Waals surface area contributed by atoms with E-state index in [9.17, 15) is 9.90 Å². The van der Waals surface area contributed by atoms with E-state index >= 15 is 0 Å². The van der Waals surface area contributed by atoms with Crippen LogP contribution < -0.4 is 5.11 Å². The third-order valence-corrected chi connectivity index (χ3v) is 3.31. The Morgan fingerprint density at radius 2 is 1.77 bits per heavy atom. The number of rotatable bonds is 3. The summed E-state index contributed by atoms with van der Waals surface area (Å²) < 4.78 is 0. The summed E-state index contributed by atoms with van der Waals surface area (Å²) in [6.07, 6.45) is 3.62. The van der Waals surface area contributed by atoms with Gasteiger partial charge in [-0.15, -0.1) is 0 Å². The van der Waals surface area contributed by atoms with Crippen molar-refractivity contribution in [3.63, 3.8) is 0 Å². The van der Waals surface area contributed by atoms with Crippen molar-refractivity contribution >= 4 is 29.0 Å². The van der Waals surface area contributed by atoms with Crippen LogP contribution in [0.4, 0.5) is 0 Å². The van der Waals surface area contributed by atoms with Gasteiger partial charge in [0, 0.05) is 0 Å². The van der Waals surface area contributed by atoms with E-state index in [4.69, 9.17) is 5.11 Å². The average molecular weight is 290 g/mol. The molecule has 1 aromatic heterocycles. The lowest BCUT2D eigenvalue weighted by Crippen LogP contribution is -1.94. The molecule has 0 radical (unpaired) electrons. The van der Waals surface area contributed by atoms with Crippen molar-refractivity contribution in [2.45, 2.75) is 0 Å². The predicted molar refractivity (Wildman–Crippen MR) is 83.5 cm³/mol. The molecule has 22 heavy (non-hydrogen) atoms. The molecule has 0 aliphatic rings. The minimum atomic E-state index is -0.949. The molecule has 2 aromatic carbocycles. The fourth-order valence-corrected chi connectivity index (χ4v) is 2.15. The van der Waals surface area contributed by atoms with Crippen LogP contribution in [-0.2, 0) is 0 Å². The topological polar surface area (TPSA) is 73.2 Å². The van der Waals surface area contributed by atoms with Gasteiger partial charge in [0.25, 0.3) is 0 Å². The quantitative estimate of drug-likeness (QED) is 0.804. The van der Waals surface area contributed by atoms with Crippen LogP contribution in [0.1, 0.15) is 21.6 Å². The normalized spacial score (nSPS) is 11.1. The highest BCUT2D eigenvalue weighted by Crippen LogP contribution is 2.20. The number of nitrogens with zero attached hydrogens (tertiary/aromatic N) is 1. The zero-order valence-corrected chi connectivity index (χ0v) is 11.6. The van der Waals surface area contributed by atoms with E-state index in [0.717, 1.165) is 10.9 Å². The van der Waals surface area contributed by atoms with Gasteiger partial charge in [0.15, 0.2) is 0 Å². The molecule has 0 fully saturated rings. The Hall–Kier alpha value is -3.14. The Morgan fingerprint density at radius 3 is 2.50 bits per heavy atom. The van der Waals surface area contributed by atoms with E-state index < -0.39 is 5.97 Å². The maximum atomic E-state index is 11.8. The number of carboxylic acid groups (broad SMARTS) is 1. The van der Waals surface area contributed by atoms with Gasteiger partial charge in [0.05, 0.1) is 16.8 Å². The highest BCUT2D eigenvalue weighted by molar-refractivity contribution is 5.88. The Morgan fingerprint density at radius 1 is 1.00 bits per heavy atom. The summed E-state index contributed by atoms with van der Waals surface area (Å²) in [5, 5.41) is 21.4. The van der Waals surface area contributed by atoms with Gasteiger partial charge in [0.1, 0.15) is 0 Å². The second-order valence-electron chi connectivity index (χ2n) is 4.82. The van der Waals surface area contributed by atoms with Gasteiger partial charge < -0.3 is 10.2 Å². The molecule has 108 valence electrons. The Bertz CT molecular complexity index is 867. The van der Waals surface area contributed by atoms with Crippen LogP contribution in [0.25, 0.3) is 23.1 Å². The van der Waals surface area contributed by atoms with E-state index in [1.807, 2.05) is 24.3 Å². The molecule has 1 N–H and O–H groups in total. The van der Waals surface area contributed by atoms with Crippen LogP contribution in [0.15, 0.2) is 54.6 Å². The molecule has 0 bridgehead atoms. The minimum absolute atomic E-state index is 0.0986. The molecule has 3 rings (SSSR count). The Kier molecular flexibility index (Phi) is 3.58. The van der Waals surface area contributed by atoms with E-state index in [1.54, 1.807) is 36.4 Å². The summed E-state index contributed by atoms with van der Waals surface area (Å²) in [7, 11) is 0. The monoisotopic (exact) mass is 290 g/mol. The molecule has 0 saturated heterocycles. The molecule has 3 aromatic rings. The number of pyridine rings is 1. The number of benzene rings is 2. The molecule has 0 saturated carbocycles. The first-order chi connectivity index (χ1) is 10.6. The first kappa shape index (κ1) is 13.8. The fourth-order valence-electron chi connectivity index (χ4n) is 2.15. The second-order valence-corrected chi connectivity index (χ2v) is 4.82. The predicted octanol–water partition coefficient (Wildman–Crippen LogP) is 3.18. The third kappa shape index (κ3) is 2.81. The number of hydrogen-bond acceptors (Lipinski definition) is 3. The standard InChI is InChI=1S/C18H13NO3/c20-16-3-1-2-13-9-11-15(19-17(13)16)10-6-12-4-7-14(8-5-12)18(21)22/h1-11,20H,(H,21,22)/p-1/b10-6+. The number of fused-ring (bicyclic) bond motifs is 1. The lowest BCUT2D eigenvalue weighted by atomic mass is 10.1. The van der Waals surface area contributed by atoms with Gasteiger partial charge in [0.2, 0.25) is 0 Å². The zero-order chi connectivity index (χ0) is 15.5. The number of carboxylic acids is 1. The number of aromatic carboxylic acids is 1. The molecular weight excluding hydrogens is 278 g/mol. The molecule has 0 spiro atoms. The van der Waals surface area contributed by atoms with Crippen molar-refractivity contribution in [1.29, 1.82) is 0 Å². The first-order valence-corrected chi connectivity index (χ1v) is 6.72. The van der Waals surface area contributed by atoms with Crippen LogP contribution in [0.2, 0.25) is 0 Å². The third-order valence-electron chi connectivity index (χ3n) is 3.31. The number of carbonyl (C=O) groups is 1. The van der Waals surface area contributed by atoms with Gasteiger partial charge in [-0.25, -0.2) is 9.78 Å². The van der Waals surface area contributed by atoms with E-state index in [0.29, 0.717) is 11.2 Å². The first-order valence-electron chi connectivity index (χ1n) is 6.72. The molecule has 0 aliphatic heterocycles. The maximum Gasteiger partial charge on any atom is 0.335 e. The molecule has 0 unspecified atom stereocenters. The van der Waals surface area contributed by atoms with E-state index in [1.165, 1.54) is 6.07 Å². The summed E-state index contributed by atoms with van der Waals surface area (Å²) >= 11 is 0. The largest absolute Gasteiger partial charge is 0.871 e. The summed E-state index contributed by atoms with van der Waals surface area (Å²) in [5.74, 6) is -1.05. The molecule has 0 amide bonds. The van der Waals surface area contributed by atoms with Gasteiger partial charge in [-0.2, -0.15) is 0 Å². The van der Waals surface area contributed by atoms with Crippen LogP contribution in [0.5, 0.6) is 5.75 Å². The SMILES string of the molecule is O=C(O)c1ccc(/C=C/c2ccc3cccc([O-])c3n2)cc1. The summed E-state index contributed by atoms with van der Waals surface area (Å²) in [6.45, 7) is 0. The van der Waals surface area contributed by atoms with Crippen molar-refractivity contribution in [3.8, 4) is 5.75 Å². The molecule has 4 nitrogen and oxygen atoms in total. The lowest BCUT2D eigenvalue weighted by molar-refractivity contribution is -0.266. The van der Waals surface area contributed by atoms with Crippen molar-refractivity contribution in [2.24, 2.45) is 0 Å². The zero-order valence-electron chi connectivity index (χ0n) is 11.6. The van der Waals surface area contributed by atoms with Crippen LogP contribution in [0, 0.1) is 0 Å². The van der Waals surface area contributed by atoms with Crippen LogP contribution in [-0.4, -0.2) is 16.1 Å². The summed E-state index contributed by atoms with van der Waals surface area (Å²) in [6, 6.07) is 15.3. The minimum Gasteiger partial charge on any atom is -0.871 e. The summed E-state index contributed by atoms with van der Waals surface area (Å²) in [4.78, 5) is 15.1. The number of hydrogen-bond donors (Lipinski definition) is 1. The summed E-state index contributed by atoms with van der Waals surface area (Å²) in [5.41, 5.74) is 2.24. The highest BCUT2D eigenvalue weighted by atomic mass is 16.4. The molecule has 0 atom stereocenters. The van der Waals surface area contributed by atoms with Gasteiger partial charge in [-0.1, -0.05) is 48.2 Å². The molecule has 0 aliphatic carbocycles. The Labute approximate surface area is 127 Å². The number of para-hydroxylation sites is 1. The van der Waals surface area contributed by atoms with Crippen LogP contribution >= 0.6 is 0 Å². The van der Waals surface area contributed by atoms with Crippen molar-refractivity contribution in [2.75, 3.05) is 0 Å². The second kappa shape index (κ2) is 5.69. The highest BCUT2D eigenvalue weighted by Gasteiger charge is 2.00. The number of aromatic nitrogens is 1.